The molecule has 6 heteroatoms. The fourth-order valence-electron chi connectivity index (χ4n) is 10.5. The third-order valence-corrected chi connectivity index (χ3v) is 13.8. The van der Waals surface area contributed by atoms with Crippen molar-refractivity contribution in [2.75, 3.05) is 0 Å². The van der Waals surface area contributed by atoms with E-state index in [4.69, 9.17) is 23.8 Å². The minimum absolute atomic E-state index is 0.0309. The summed E-state index contributed by atoms with van der Waals surface area (Å²) in [5, 5.41) is 5.57. The minimum Gasteiger partial charge on any atom is -0.460 e. The largest absolute Gasteiger partial charge is 0.460 e. The fourth-order valence-corrected chi connectivity index (χ4v) is 10.5. The maximum absolute atomic E-state index is 6.85. The molecule has 9 aromatic carbocycles. The fraction of sp³-hybridized carbons (Fsp3) is 0.0317. The molecular formula is C63H40N4O2. The summed E-state index contributed by atoms with van der Waals surface area (Å²) in [5.74, 6) is 2.79. The first-order valence-corrected chi connectivity index (χ1v) is 23.4. The summed E-state index contributed by atoms with van der Waals surface area (Å²) in [6, 6.07) is 74.3. The number of para-hydroxylation sites is 2. The number of rotatable bonds is 7. The molecule has 4 aromatic heterocycles. The summed E-state index contributed by atoms with van der Waals surface area (Å²) in [5.41, 5.74) is 15.5. The Kier molecular flexibility index (Phi) is 8.92. The number of benzene rings is 9. The molecule has 1 atom stereocenters. The molecule has 4 heterocycles. The molecule has 0 saturated heterocycles. The van der Waals surface area contributed by atoms with Crippen molar-refractivity contribution in [1.82, 2.24) is 19.5 Å². The highest BCUT2D eigenvalue weighted by atomic mass is 16.3. The Bertz CT molecular complexity index is 4150. The van der Waals surface area contributed by atoms with Crippen molar-refractivity contribution in [3.8, 4) is 62.1 Å². The van der Waals surface area contributed by atoms with Gasteiger partial charge < -0.3 is 13.4 Å². The summed E-state index contributed by atoms with van der Waals surface area (Å²) in [4.78, 5) is 15.4. The van der Waals surface area contributed by atoms with Crippen molar-refractivity contribution in [2.45, 2.75) is 12.3 Å². The van der Waals surface area contributed by atoms with Crippen LogP contribution in [0.3, 0.4) is 0 Å². The van der Waals surface area contributed by atoms with E-state index in [1.54, 1.807) is 0 Å². The van der Waals surface area contributed by atoms with E-state index in [-0.39, 0.29) is 5.92 Å². The van der Waals surface area contributed by atoms with Crippen LogP contribution in [0, 0.1) is 0 Å². The first kappa shape index (κ1) is 39.1. The predicted molar refractivity (Wildman–Crippen MR) is 280 cm³/mol. The third-order valence-electron chi connectivity index (χ3n) is 13.8. The number of nitrogens with zero attached hydrogens (tertiary/aromatic N) is 4. The lowest BCUT2D eigenvalue weighted by atomic mass is 9.86. The summed E-state index contributed by atoms with van der Waals surface area (Å²) in [6.07, 6.45) is 5.26. The van der Waals surface area contributed by atoms with Gasteiger partial charge in [-0.05, 0) is 70.3 Å². The van der Waals surface area contributed by atoms with Crippen LogP contribution in [-0.4, -0.2) is 19.5 Å². The molecule has 1 aliphatic carbocycles. The number of allylic oxidation sites excluding steroid dienone is 1. The Morgan fingerprint density at radius 2 is 1.00 bits per heavy atom. The van der Waals surface area contributed by atoms with Crippen LogP contribution in [0.1, 0.15) is 22.8 Å². The molecule has 0 N–H and O–H groups in total. The number of fused-ring (bicyclic) bond motifs is 9. The van der Waals surface area contributed by atoms with Gasteiger partial charge in [-0.2, -0.15) is 0 Å². The van der Waals surface area contributed by atoms with Gasteiger partial charge in [0.1, 0.15) is 16.9 Å². The molecule has 1 unspecified atom stereocenters. The van der Waals surface area contributed by atoms with Gasteiger partial charge in [-0.15, -0.1) is 0 Å². The lowest BCUT2D eigenvalue weighted by molar-refractivity contribution is 0.532. The first-order chi connectivity index (χ1) is 34.2. The molecule has 0 fully saturated rings. The van der Waals surface area contributed by atoms with Gasteiger partial charge in [-0.1, -0.05) is 182 Å². The molecule has 0 spiro atoms. The molecule has 14 rings (SSSR count). The van der Waals surface area contributed by atoms with E-state index in [1.807, 2.05) is 48.5 Å². The van der Waals surface area contributed by atoms with Crippen LogP contribution < -0.4 is 0 Å². The van der Waals surface area contributed by atoms with Gasteiger partial charge in [0.15, 0.2) is 23.1 Å². The third kappa shape index (κ3) is 6.52. The molecule has 0 aliphatic heterocycles. The van der Waals surface area contributed by atoms with Gasteiger partial charge in [-0.3, -0.25) is 0 Å². The van der Waals surface area contributed by atoms with Crippen LogP contribution in [-0.2, 0) is 6.42 Å². The van der Waals surface area contributed by atoms with Gasteiger partial charge in [0.25, 0.3) is 0 Å². The van der Waals surface area contributed by atoms with Crippen molar-refractivity contribution in [3.63, 3.8) is 0 Å². The predicted octanol–water partition coefficient (Wildman–Crippen LogP) is 16.3. The summed E-state index contributed by atoms with van der Waals surface area (Å²) in [7, 11) is 0. The standard InChI is InChI=1S/C63H40N4O2/c1-4-15-39(16-5-1)41-27-29-43(30-28-41)62-64-61(42-19-8-3-9-20-42)65-63(66-62)50-23-14-26-57-59(50)49-33-31-45(38-58(49)68-57)46-36-52-48-22-11-13-25-56(48)69-60(52)55(37-46)67-53-24-12-10-21-47(53)51-35-44(32-34-54(51)67)40-17-6-2-7-18-40/h1-37,45H,38H2. The normalized spacial score (nSPS) is 13.5. The summed E-state index contributed by atoms with van der Waals surface area (Å²) < 4.78 is 16.1. The van der Waals surface area contributed by atoms with Crippen molar-refractivity contribution in [2.24, 2.45) is 0 Å². The Balaban J connectivity index is 0.895. The van der Waals surface area contributed by atoms with E-state index in [0.29, 0.717) is 23.9 Å². The lowest BCUT2D eigenvalue weighted by Crippen LogP contribution is -2.06. The molecule has 0 bridgehead atoms. The van der Waals surface area contributed by atoms with Crippen LogP contribution in [0.25, 0.3) is 123 Å². The van der Waals surface area contributed by atoms with Gasteiger partial charge in [0.2, 0.25) is 0 Å². The van der Waals surface area contributed by atoms with Crippen LogP contribution >= 0.6 is 0 Å². The SMILES string of the molecule is C1=CC(c2cc(-n3c4ccccc4c4cc(-c5ccccc5)ccc43)c3oc4ccccc4c3c2)Cc2oc3cccc(-c4nc(-c5ccccc5)nc(-c5ccc(-c6ccccc6)cc5)n4)c3c21. The molecule has 6 nitrogen and oxygen atoms in total. The molecule has 13 aromatic rings. The molecule has 1 aliphatic rings. The number of aromatic nitrogens is 4. The summed E-state index contributed by atoms with van der Waals surface area (Å²) >= 11 is 0. The number of hydrogen-bond donors (Lipinski definition) is 0. The van der Waals surface area contributed by atoms with E-state index < -0.39 is 0 Å². The minimum atomic E-state index is 0.0309. The number of hydrogen-bond acceptors (Lipinski definition) is 5. The van der Waals surface area contributed by atoms with E-state index >= 15 is 0 Å². The molecule has 0 saturated carbocycles. The van der Waals surface area contributed by atoms with Crippen LogP contribution in [0.15, 0.2) is 227 Å². The zero-order chi connectivity index (χ0) is 45.4. The molecule has 324 valence electrons. The second kappa shape index (κ2) is 15.8. The monoisotopic (exact) mass is 884 g/mol. The second-order valence-corrected chi connectivity index (χ2v) is 17.9. The van der Waals surface area contributed by atoms with Gasteiger partial charge in [0, 0.05) is 61.5 Å². The zero-order valence-corrected chi connectivity index (χ0v) is 37.3. The van der Waals surface area contributed by atoms with E-state index in [1.165, 1.54) is 27.5 Å². The maximum Gasteiger partial charge on any atom is 0.164 e. The highest BCUT2D eigenvalue weighted by Crippen LogP contribution is 2.45. The highest BCUT2D eigenvalue weighted by molar-refractivity contribution is 6.13. The average Bonchev–Trinajstić information content (AvgIpc) is 4.10. The molecular weight excluding hydrogens is 845 g/mol. The lowest BCUT2D eigenvalue weighted by Gasteiger charge is -2.19. The zero-order valence-electron chi connectivity index (χ0n) is 37.3. The molecule has 0 amide bonds. The molecule has 69 heavy (non-hydrogen) atoms. The van der Waals surface area contributed by atoms with E-state index in [0.717, 1.165) is 88.8 Å². The van der Waals surface area contributed by atoms with Gasteiger partial charge in [0.05, 0.1) is 16.7 Å². The van der Waals surface area contributed by atoms with Gasteiger partial charge in [-0.25, -0.2) is 15.0 Å². The van der Waals surface area contributed by atoms with E-state index in [9.17, 15) is 0 Å². The Morgan fingerprint density at radius 3 is 1.77 bits per heavy atom. The van der Waals surface area contributed by atoms with Crippen molar-refractivity contribution in [3.05, 3.63) is 235 Å². The Labute approximate surface area is 397 Å². The first-order valence-electron chi connectivity index (χ1n) is 23.4. The van der Waals surface area contributed by atoms with Crippen molar-refractivity contribution >= 4 is 60.8 Å². The van der Waals surface area contributed by atoms with Gasteiger partial charge >= 0.3 is 0 Å². The highest BCUT2D eigenvalue weighted by Gasteiger charge is 2.27. The smallest absolute Gasteiger partial charge is 0.164 e. The van der Waals surface area contributed by atoms with Crippen LogP contribution in [0.4, 0.5) is 0 Å². The van der Waals surface area contributed by atoms with Crippen LogP contribution in [0.5, 0.6) is 0 Å². The van der Waals surface area contributed by atoms with Crippen molar-refractivity contribution < 1.29 is 8.83 Å². The number of furan rings is 2. The summed E-state index contributed by atoms with van der Waals surface area (Å²) in [6.45, 7) is 0. The molecule has 0 radical (unpaired) electrons. The Hall–Kier alpha value is -9.13. The van der Waals surface area contributed by atoms with Crippen molar-refractivity contribution in [1.29, 1.82) is 0 Å². The van der Waals surface area contributed by atoms with E-state index in [2.05, 4.69) is 181 Å². The quantitative estimate of drug-likeness (QED) is 0.159. The topological polar surface area (TPSA) is 69.9 Å². The van der Waals surface area contributed by atoms with Crippen LogP contribution in [0.2, 0.25) is 0 Å². The Morgan fingerprint density at radius 1 is 0.420 bits per heavy atom. The average molecular weight is 885 g/mol. The second-order valence-electron chi connectivity index (χ2n) is 17.9. The maximum atomic E-state index is 6.85.